The molecule has 2 aromatic rings. The van der Waals surface area contributed by atoms with Crippen molar-refractivity contribution in [2.75, 3.05) is 13.1 Å². The summed E-state index contributed by atoms with van der Waals surface area (Å²) in [5.74, 6) is 0.540. The second-order valence-electron chi connectivity index (χ2n) is 6.82. The van der Waals surface area contributed by atoms with E-state index in [4.69, 9.17) is 0 Å². The van der Waals surface area contributed by atoms with E-state index < -0.39 is 0 Å². The zero-order valence-electron chi connectivity index (χ0n) is 15.7. The molecule has 0 saturated carbocycles. The lowest BCUT2D eigenvalue weighted by Crippen LogP contribution is -2.42. The molecule has 0 spiro atoms. The van der Waals surface area contributed by atoms with Gasteiger partial charge in [-0.3, -0.25) is 9.36 Å². The van der Waals surface area contributed by atoms with E-state index in [1.165, 1.54) is 19.4 Å². The van der Waals surface area contributed by atoms with Gasteiger partial charge >= 0.3 is 0 Å². The number of nitrogens with zero attached hydrogens (tertiary/aromatic N) is 3. The standard InChI is InChI=1S/C18H25N3O.C2H6/c1-13(2)20-8-4-5-15(10-20)11-21-12-19-17-7-6-14(3)9-16(17)18(21)22;1-2/h6-7,9,12-13,15H,4-5,8,10-11H2,1-3H3;1-2H3. The van der Waals surface area contributed by atoms with Gasteiger partial charge in [-0.05, 0) is 58.2 Å². The maximum Gasteiger partial charge on any atom is 0.261 e. The van der Waals surface area contributed by atoms with E-state index in [2.05, 4.69) is 23.7 Å². The Morgan fingerprint density at radius 1 is 1.29 bits per heavy atom. The minimum Gasteiger partial charge on any atom is -0.301 e. The molecule has 2 heterocycles. The summed E-state index contributed by atoms with van der Waals surface area (Å²) >= 11 is 0. The van der Waals surface area contributed by atoms with E-state index in [1.807, 2.05) is 39.0 Å². The summed E-state index contributed by atoms with van der Waals surface area (Å²) in [6.45, 7) is 13.5. The summed E-state index contributed by atoms with van der Waals surface area (Å²) in [5, 5.41) is 0.735. The van der Waals surface area contributed by atoms with Crippen LogP contribution in [0.4, 0.5) is 0 Å². The number of likely N-dealkylation sites (tertiary alicyclic amines) is 1. The van der Waals surface area contributed by atoms with E-state index in [1.54, 1.807) is 10.9 Å². The number of aryl methyl sites for hydroxylation is 1. The van der Waals surface area contributed by atoms with E-state index in [0.29, 0.717) is 12.0 Å². The van der Waals surface area contributed by atoms with Gasteiger partial charge in [-0.15, -0.1) is 0 Å². The van der Waals surface area contributed by atoms with Crippen molar-refractivity contribution < 1.29 is 0 Å². The molecule has 1 atom stereocenters. The number of rotatable bonds is 3. The number of aromatic nitrogens is 2. The molecule has 3 rings (SSSR count). The fourth-order valence-corrected chi connectivity index (χ4v) is 3.40. The smallest absolute Gasteiger partial charge is 0.261 e. The van der Waals surface area contributed by atoms with Crippen LogP contribution >= 0.6 is 0 Å². The third kappa shape index (κ3) is 4.23. The third-order valence-corrected chi connectivity index (χ3v) is 4.72. The van der Waals surface area contributed by atoms with Crippen LogP contribution in [0.3, 0.4) is 0 Å². The number of fused-ring (bicyclic) bond motifs is 1. The molecule has 1 aliphatic heterocycles. The molecule has 4 heteroatoms. The van der Waals surface area contributed by atoms with Gasteiger partial charge in [0.05, 0.1) is 17.2 Å². The van der Waals surface area contributed by atoms with Crippen molar-refractivity contribution in [3.8, 4) is 0 Å². The molecule has 132 valence electrons. The Kier molecular flexibility index (Phi) is 6.55. The predicted octanol–water partition coefficient (Wildman–Crippen LogP) is 3.85. The van der Waals surface area contributed by atoms with Crippen LogP contribution in [0, 0.1) is 12.8 Å². The first-order valence-corrected chi connectivity index (χ1v) is 9.24. The Hall–Kier alpha value is -1.68. The molecule has 1 aliphatic rings. The molecule has 0 aliphatic carbocycles. The van der Waals surface area contributed by atoms with Crippen molar-refractivity contribution in [1.29, 1.82) is 0 Å². The first kappa shape index (κ1) is 18.7. The Labute approximate surface area is 145 Å². The molecular formula is C20H31N3O. The van der Waals surface area contributed by atoms with Gasteiger partial charge < -0.3 is 4.90 Å². The molecule has 1 aromatic heterocycles. The lowest BCUT2D eigenvalue weighted by atomic mass is 9.97. The van der Waals surface area contributed by atoms with E-state index in [0.717, 1.165) is 29.6 Å². The molecule has 1 fully saturated rings. The summed E-state index contributed by atoms with van der Waals surface area (Å²) in [5.41, 5.74) is 1.99. The van der Waals surface area contributed by atoms with Crippen molar-refractivity contribution in [1.82, 2.24) is 14.5 Å². The fourth-order valence-electron chi connectivity index (χ4n) is 3.40. The average molecular weight is 329 g/mol. The summed E-state index contributed by atoms with van der Waals surface area (Å²) in [6, 6.07) is 6.46. The summed E-state index contributed by atoms with van der Waals surface area (Å²) < 4.78 is 1.80. The normalized spacial score (nSPS) is 18.5. The third-order valence-electron chi connectivity index (χ3n) is 4.72. The average Bonchev–Trinajstić information content (AvgIpc) is 2.60. The highest BCUT2D eigenvalue weighted by Crippen LogP contribution is 2.20. The van der Waals surface area contributed by atoms with Crippen molar-refractivity contribution in [3.05, 3.63) is 40.4 Å². The first-order chi connectivity index (χ1) is 11.5. The van der Waals surface area contributed by atoms with Crippen LogP contribution in [0.25, 0.3) is 10.9 Å². The fraction of sp³-hybridized carbons (Fsp3) is 0.600. The minimum absolute atomic E-state index is 0.0929. The molecule has 1 saturated heterocycles. The van der Waals surface area contributed by atoms with Gasteiger partial charge in [0.1, 0.15) is 0 Å². The SMILES string of the molecule is CC.Cc1ccc2ncn(CC3CCCN(C(C)C)C3)c(=O)c2c1. The zero-order valence-corrected chi connectivity index (χ0v) is 15.7. The van der Waals surface area contributed by atoms with E-state index in [-0.39, 0.29) is 5.56 Å². The van der Waals surface area contributed by atoms with Crippen LogP contribution in [0.1, 0.15) is 46.1 Å². The van der Waals surface area contributed by atoms with Crippen LogP contribution in [0.5, 0.6) is 0 Å². The van der Waals surface area contributed by atoms with E-state index >= 15 is 0 Å². The molecule has 0 amide bonds. The highest BCUT2D eigenvalue weighted by molar-refractivity contribution is 5.77. The quantitative estimate of drug-likeness (QED) is 0.858. The van der Waals surface area contributed by atoms with Gasteiger partial charge in [0, 0.05) is 19.1 Å². The van der Waals surface area contributed by atoms with Crippen LogP contribution < -0.4 is 5.56 Å². The van der Waals surface area contributed by atoms with Crippen LogP contribution in [-0.4, -0.2) is 33.6 Å². The highest BCUT2D eigenvalue weighted by atomic mass is 16.1. The van der Waals surface area contributed by atoms with Crippen LogP contribution in [-0.2, 0) is 6.54 Å². The van der Waals surface area contributed by atoms with Crippen molar-refractivity contribution >= 4 is 10.9 Å². The molecule has 24 heavy (non-hydrogen) atoms. The lowest BCUT2D eigenvalue weighted by Gasteiger charge is -2.35. The molecule has 1 unspecified atom stereocenters. The second-order valence-corrected chi connectivity index (χ2v) is 6.82. The highest BCUT2D eigenvalue weighted by Gasteiger charge is 2.22. The number of hydrogen-bond donors (Lipinski definition) is 0. The number of piperidine rings is 1. The van der Waals surface area contributed by atoms with Crippen LogP contribution in [0.15, 0.2) is 29.3 Å². The number of hydrogen-bond acceptors (Lipinski definition) is 3. The Bertz CT molecular complexity index is 720. The maximum atomic E-state index is 12.7. The predicted molar refractivity (Wildman–Crippen MR) is 102 cm³/mol. The lowest BCUT2D eigenvalue weighted by molar-refractivity contribution is 0.130. The topological polar surface area (TPSA) is 38.1 Å². The zero-order chi connectivity index (χ0) is 17.7. The minimum atomic E-state index is 0.0929. The van der Waals surface area contributed by atoms with E-state index in [9.17, 15) is 4.79 Å². The van der Waals surface area contributed by atoms with Gasteiger partial charge in [0.2, 0.25) is 0 Å². The second kappa shape index (κ2) is 8.43. The molecular weight excluding hydrogens is 298 g/mol. The molecule has 4 nitrogen and oxygen atoms in total. The maximum absolute atomic E-state index is 12.7. The van der Waals surface area contributed by atoms with Gasteiger partial charge in [0.25, 0.3) is 5.56 Å². The monoisotopic (exact) mass is 329 g/mol. The van der Waals surface area contributed by atoms with Gasteiger partial charge in [0.15, 0.2) is 0 Å². The summed E-state index contributed by atoms with van der Waals surface area (Å²) in [6.07, 6.45) is 4.13. The van der Waals surface area contributed by atoms with Crippen molar-refractivity contribution in [2.45, 2.75) is 60.0 Å². The molecule has 0 bridgehead atoms. The van der Waals surface area contributed by atoms with Crippen molar-refractivity contribution in [3.63, 3.8) is 0 Å². The van der Waals surface area contributed by atoms with Gasteiger partial charge in [-0.25, -0.2) is 4.98 Å². The van der Waals surface area contributed by atoms with Gasteiger partial charge in [-0.1, -0.05) is 25.5 Å². The number of benzene rings is 1. The first-order valence-electron chi connectivity index (χ1n) is 9.24. The largest absolute Gasteiger partial charge is 0.301 e. The summed E-state index contributed by atoms with van der Waals surface area (Å²) in [4.78, 5) is 19.6. The summed E-state index contributed by atoms with van der Waals surface area (Å²) in [7, 11) is 0. The Morgan fingerprint density at radius 2 is 2.04 bits per heavy atom. The Balaban J connectivity index is 0.00000100. The van der Waals surface area contributed by atoms with Crippen molar-refractivity contribution in [2.24, 2.45) is 5.92 Å². The molecule has 0 N–H and O–H groups in total. The Morgan fingerprint density at radius 3 is 2.75 bits per heavy atom. The van der Waals surface area contributed by atoms with Crippen LogP contribution in [0.2, 0.25) is 0 Å². The molecule has 0 radical (unpaired) electrons. The van der Waals surface area contributed by atoms with Gasteiger partial charge in [-0.2, -0.15) is 0 Å². The molecule has 1 aromatic carbocycles.